The maximum Gasteiger partial charge on any atom is 0.228 e. The molecule has 1 amide bonds. The second kappa shape index (κ2) is 8.24. The van der Waals surface area contributed by atoms with Crippen LogP contribution in [0.5, 0.6) is 0 Å². The minimum absolute atomic E-state index is 0.125. The van der Waals surface area contributed by atoms with E-state index in [1.807, 2.05) is 54.6 Å². The standard InChI is InChI=1S/C19H22N2O3S2/c1-26(23,24)21-13-7-8-15(14-21)19(22)20-17-11-5-6-12-18(17)25-16-9-3-2-4-10-16/h2-6,9-12,15H,7-8,13-14H2,1H3,(H,20,22). The summed E-state index contributed by atoms with van der Waals surface area (Å²) in [5, 5.41) is 2.99. The van der Waals surface area contributed by atoms with Crippen LogP contribution < -0.4 is 5.32 Å². The van der Waals surface area contributed by atoms with Crippen LogP contribution in [0.1, 0.15) is 12.8 Å². The second-order valence-electron chi connectivity index (χ2n) is 6.36. The van der Waals surface area contributed by atoms with Crippen LogP contribution in [0, 0.1) is 5.92 Å². The molecular weight excluding hydrogens is 368 g/mol. The van der Waals surface area contributed by atoms with Gasteiger partial charge in [0.05, 0.1) is 17.9 Å². The van der Waals surface area contributed by atoms with Gasteiger partial charge >= 0.3 is 0 Å². The Hall–Kier alpha value is -1.83. The Labute approximate surface area is 158 Å². The summed E-state index contributed by atoms with van der Waals surface area (Å²) >= 11 is 1.59. The van der Waals surface area contributed by atoms with Gasteiger partial charge in [0.15, 0.2) is 0 Å². The van der Waals surface area contributed by atoms with Crippen molar-refractivity contribution < 1.29 is 13.2 Å². The van der Waals surface area contributed by atoms with E-state index in [2.05, 4.69) is 5.32 Å². The molecular formula is C19H22N2O3S2. The molecule has 138 valence electrons. The van der Waals surface area contributed by atoms with Gasteiger partial charge < -0.3 is 5.32 Å². The maximum absolute atomic E-state index is 12.7. The summed E-state index contributed by atoms with van der Waals surface area (Å²) in [4.78, 5) is 14.8. The number of amides is 1. The highest BCUT2D eigenvalue weighted by Crippen LogP contribution is 2.33. The van der Waals surface area contributed by atoms with Crippen LogP contribution in [0.15, 0.2) is 64.4 Å². The molecule has 1 N–H and O–H groups in total. The van der Waals surface area contributed by atoms with Crippen molar-refractivity contribution in [2.75, 3.05) is 24.7 Å². The lowest BCUT2D eigenvalue weighted by atomic mass is 9.99. The van der Waals surface area contributed by atoms with Gasteiger partial charge in [0, 0.05) is 22.9 Å². The highest BCUT2D eigenvalue weighted by Gasteiger charge is 2.30. The van der Waals surface area contributed by atoms with Gasteiger partial charge in [-0.15, -0.1) is 0 Å². The van der Waals surface area contributed by atoms with Gasteiger partial charge in [-0.25, -0.2) is 12.7 Å². The molecule has 1 saturated heterocycles. The van der Waals surface area contributed by atoms with E-state index in [9.17, 15) is 13.2 Å². The number of carbonyl (C=O) groups excluding carboxylic acids is 1. The Morgan fingerprint density at radius 3 is 2.54 bits per heavy atom. The molecule has 0 aromatic heterocycles. The van der Waals surface area contributed by atoms with Crippen molar-refractivity contribution in [3.05, 3.63) is 54.6 Å². The Morgan fingerprint density at radius 2 is 1.81 bits per heavy atom. The molecule has 2 aromatic rings. The average Bonchev–Trinajstić information content (AvgIpc) is 2.63. The predicted molar refractivity (Wildman–Crippen MR) is 105 cm³/mol. The van der Waals surface area contributed by atoms with Crippen molar-refractivity contribution in [2.24, 2.45) is 5.92 Å². The third kappa shape index (κ3) is 4.87. The van der Waals surface area contributed by atoms with Gasteiger partial charge in [-0.05, 0) is 37.1 Å². The highest BCUT2D eigenvalue weighted by atomic mass is 32.2. The molecule has 1 heterocycles. The van der Waals surface area contributed by atoms with Crippen LogP contribution in [-0.2, 0) is 14.8 Å². The molecule has 0 aliphatic carbocycles. The van der Waals surface area contributed by atoms with E-state index in [1.54, 1.807) is 11.8 Å². The predicted octanol–water partition coefficient (Wildman–Crippen LogP) is 3.45. The van der Waals surface area contributed by atoms with Crippen LogP contribution in [0.2, 0.25) is 0 Å². The fourth-order valence-electron chi connectivity index (χ4n) is 2.97. The number of sulfonamides is 1. The molecule has 3 rings (SSSR count). The summed E-state index contributed by atoms with van der Waals surface area (Å²) in [6, 6.07) is 17.6. The van der Waals surface area contributed by atoms with Gasteiger partial charge in [-0.1, -0.05) is 42.1 Å². The van der Waals surface area contributed by atoms with Crippen LogP contribution in [-0.4, -0.2) is 38.0 Å². The number of nitrogens with one attached hydrogen (secondary N) is 1. The van der Waals surface area contributed by atoms with E-state index in [0.29, 0.717) is 19.4 Å². The van der Waals surface area contributed by atoms with E-state index in [-0.39, 0.29) is 18.4 Å². The first kappa shape index (κ1) is 18.9. The number of carbonyl (C=O) groups is 1. The molecule has 0 spiro atoms. The van der Waals surface area contributed by atoms with Gasteiger partial charge in [-0.2, -0.15) is 0 Å². The van der Waals surface area contributed by atoms with Crippen LogP contribution in [0.25, 0.3) is 0 Å². The molecule has 1 aliphatic rings. The average molecular weight is 391 g/mol. The topological polar surface area (TPSA) is 66.5 Å². The van der Waals surface area contributed by atoms with Gasteiger partial charge in [-0.3, -0.25) is 4.79 Å². The summed E-state index contributed by atoms with van der Waals surface area (Å²) in [5.74, 6) is -0.451. The molecule has 1 unspecified atom stereocenters. The zero-order chi connectivity index (χ0) is 18.6. The fraction of sp³-hybridized carbons (Fsp3) is 0.316. The number of rotatable bonds is 5. The molecule has 1 fully saturated rings. The largest absolute Gasteiger partial charge is 0.325 e. The van der Waals surface area contributed by atoms with Crippen molar-refractivity contribution in [3.63, 3.8) is 0 Å². The number of piperidine rings is 1. The lowest BCUT2D eigenvalue weighted by Gasteiger charge is -2.30. The van der Waals surface area contributed by atoms with E-state index >= 15 is 0 Å². The number of benzene rings is 2. The summed E-state index contributed by atoms with van der Waals surface area (Å²) in [7, 11) is -3.26. The third-order valence-electron chi connectivity index (χ3n) is 4.34. The van der Waals surface area contributed by atoms with Crippen LogP contribution >= 0.6 is 11.8 Å². The lowest BCUT2D eigenvalue weighted by molar-refractivity contribution is -0.120. The van der Waals surface area contributed by atoms with Crippen LogP contribution in [0.4, 0.5) is 5.69 Å². The van der Waals surface area contributed by atoms with Crippen LogP contribution in [0.3, 0.4) is 0 Å². The van der Waals surface area contributed by atoms with E-state index in [1.165, 1.54) is 10.6 Å². The molecule has 5 nitrogen and oxygen atoms in total. The number of nitrogens with zero attached hydrogens (tertiary/aromatic N) is 1. The number of hydrogen-bond donors (Lipinski definition) is 1. The van der Waals surface area contributed by atoms with E-state index in [0.717, 1.165) is 15.5 Å². The molecule has 0 bridgehead atoms. The van der Waals surface area contributed by atoms with Crippen molar-refractivity contribution in [1.82, 2.24) is 4.31 Å². The van der Waals surface area contributed by atoms with Gasteiger partial charge in [0.25, 0.3) is 0 Å². The first-order valence-corrected chi connectivity index (χ1v) is 11.2. The Balaban J connectivity index is 1.71. The second-order valence-corrected chi connectivity index (χ2v) is 9.46. The first-order chi connectivity index (χ1) is 12.4. The number of hydrogen-bond acceptors (Lipinski definition) is 4. The summed E-state index contributed by atoms with van der Waals surface area (Å²) in [6.07, 6.45) is 2.59. The number of para-hydroxylation sites is 1. The quantitative estimate of drug-likeness (QED) is 0.849. The lowest BCUT2D eigenvalue weighted by Crippen LogP contribution is -2.43. The smallest absolute Gasteiger partial charge is 0.228 e. The van der Waals surface area contributed by atoms with E-state index in [4.69, 9.17) is 0 Å². The van der Waals surface area contributed by atoms with Gasteiger partial charge in [0.1, 0.15) is 0 Å². The highest BCUT2D eigenvalue weighted by molar-refractivity contribution is 7.99. The fourth-order valence-corrected chi connectivity index (χ4v) is 4.80. The summed E-state index contributed by atoms with van der Waals surface area (Å²) < 4.78 is 24.9. The monoisotopic (exact) mass is 390 g/mol. The summed E-state index contributed by atoms with van der Waals surface area (Å²) in [6.45, 7) is 0.738. The first-order valence-electron chi connectivity index (χ1n) is 8.51. The van der Waals surface area contributed by atoms with Crippen molar-refractivity contribution in [3.8, 4) is 0 Å². The zero-order valence-corrected chi connectivity index (χ0v) is 16.2. The molecule has 1 atom stereocenters. The normalized spacial score (nSPS) is 18.4. The number of anilines is 1. The minimum atomic E-state index is -3.26. The zero-order valence-electron chi connectivity index (χ0n) is 14.6. The molecule has 2 aromatic carbocycles. The Bertz CT molecular complexity index is 869. The molecule has 0 saturated carbocycles. The minimum Gasteiger partial charge on any atom is -0.325 e. The van der Waals surface area contributed by atoms with Crippen molar-refractivity contribution in [2.45, 2.75) is 22.6 Å². The van der Waals surface area contributed by atoms with E-state index < -0.39 is 10.0 Å². The van der Waals surface area contributed by atoms with Crippen molar-refractivity contribution >= 4 is 33.4 Å². The molecule has 26 heavy (non-hydrogen) atoms. The summed E-state index contributed by atoms with van der Waals surface area (Å²) in [5.41, 5.74) is 0.753. The maximum atomic E-state index is 12.7. The Morgan fingerprint density at radius 1 is 1.12 bits per heavy atom. The van der Waals surface area contributed by atoms with Crippen molar-refractivity contribution in [1.29, 1.82) is 0 Å². The molecule has 0 radical (unpaired) electrons. The molecule has 1 aliphatic heterocycles. The SMILES string of the molecule is CS(=O)(=O)N1CCCC(C(=O)Nc2ccccc2Sc2ccccc2)C1. The third-order valence-corrected chi connectivity index (χ3v) is 6.69. The molecule has 7 heteroatoms. The van der Waals surface area contributed by atoms with Gasteiger partial charge in [0.2, 0.25) is 15.9 Å². The Kier molecular flexibility index (Phi) is 6.01.